The van der Waals surface area contributed by atoms with Crippen LogP contribution < -0.4 is 16.1 Å². The first-order valence-corrected chi connectivity index (χ1v) is 15.1. The predicted molar refractivity (Wildman–Crippen MR) is 172 cm³/mol. The third-order valence-corrected chi connectivity index (χ3v) is 8.16. The van der Waals surface area contributed by atoms with Gasteiger partial charge in [-0.25, -0.2) is 15.2 Å². The van der Waals surface area contributed by atoms with E-state index in [9.17, 15) is 14.7 Å². The fourth-order valence-corrected chi connectivity index (χ4v) is 5.70. The summed E-state index contributed by atoms with van der Waals surface area (Å²) in [5, 5.41) is 23.0. The molecule has 1 fully saturated rings. The Morgan fingerprint density at radius 3 is 2.47 bits per heavy atom. The molecule has 2 heterocycles. The van der Waals surface area contributed by atoms with E-state index >= 15 is 0 Å². The second-order valence-electron chi connectivity index (χ2n) is 9.83. The second kappa shape index (κ2) is 14.5. The molecule has 222 valence electrons. The highest BCUT2D eigenvalue weighted by Gasteiger charge is 2.20. The van der Waals surface area contributed by atoms with Gasteiger partial charge in [0.05, 0.1) is 29.2 Å². The number of phenolic OH excluding ortho intramolecular Hbond substituents is 1. The highest BCUT2D eigenvalue weighted by atomic mass is 35.5. The lowest BCUT2D eigenvalue weighted by Crippen LogP contribution is -2.48. The first-order chi connectivity index (χ1) is 20.8. The number of para-hydroxylation sites is 1. The number of hydrogen-bond donors (Lipinski definition) is 4. The summed E-state index contributed by atoms with van der Waals surface area (Å²) in [5.74, 6) is -0.0879. The van der Waals surface area contributed by atoms with Crippen molar-refractivity contribution in [2.45, 2.75) is 6.54 Å². The van der Waals surface area contributed by atoms with Crippen LogP contribution in [-0.4, -0.2) is 70.8 Å². The minimum atomic E-state index is -0.410. The lowest BCUT2D eigenvalue weighted by atomic mass is 10.2. The van der Waals surface area contributed by atoms with Gasteiger partial charge < -0.3 is 15.7 Å². The number of hydrazone groups is 1. The molecule has 0 aliphatic carbocycles. The van der Waals surface area contributed by atoms with E-state index in [-0.39, 0.29) is 18.2 Å². The molecule has 1 aliphatic rings. The van der Waals surface area contributed by atoms with Gasteiger partial charge in [-0.05, 0) is 54.6 Å². The molecule has 3 aromatic carbocycles. The normalized spacial score (nSPS) is 14.1. The molecule has 13 heteroatoms. The van der Waals surface area contributed by atoms with Crippen LogP contribution in [0.5, 0.6) is 5.75 Å². The molecule has 0 spiro atoms. The summed E-state index contributed by atoms with van der Waals surface area (Å²) in [6.07, 6.45) is 1.43. The van der Waals surface area contributed by atoms with E-state index in [2.05, 4.69) is 36.3 Å². The number of benzene rings is 3. The Morgan fingerprint density at radius 1 is 0.977 bits per heavy atom. The molecule has 0 bridgehead atoms. The number of thiazole rings is 1. The van der Waals surface area contributed by atoms with Crippen LogP contribution in [0, 0.1) is 0 Å². The molecule has 1 saturated heterocycles. The zero-order chi connectivity index (χ0) is 30.2. The summed E-state index contributed by atoms with van der Waals surface area (Å²) in [5.41, 5.74) is 6.12. The zero-order valence-electron chi connectivity index (χ0n) is 23.0. The fourth-order valence-electron chi connectivity index (χ4n) is 4.43. The molecular formula is C30H29Cl2N7O3S. The molecule has 43 heavy (non-hydrogen) atoms. The number of aromatic hydroxyl groups is 1. The second-order valence-corrected chi connectivity index (χ2v) is 11.5. The van der Waals surface area contributed by atoms with Gasteiger partial charge in [0.15, 0.2) is 0 Å². The number of amides is 3. The van der Waals surface area contributed by atoms with Crippen molar-refractivity contribution in [1.82, 2.24) is 20.2 Å². The van der Waals surface area contributed by atoms with Gasteiger partial charge in [-0.1, -0.05) is 35.3 Å². The van der Waals surface area contributed by atoms with Gasteiger partial charge in [-0.2, -0.15) is 5.10 Å². The molecule has 0 radical (unpaired) electrons. The number of nitrogens with one attached hydrogen (secondary N) is 3. The SMILES string of the molecule is O=C(CN1CCN(Cc2csc(-c3ccc(NC(=O)Nc4ccc(Cl)cc4Cl)cc3)n2)CC1)N/N=C/c1ccccc1O. The van der Waals surface area contributed by atoms with E-state index in [1.165, 1.54) is 6.21 Å². The van der Waals surface area contributed by atoms with Crippen molar-refractivity contribution in [2.75, 3.05) is 43.4 Å². The minimum absolute atomic E-state index is 0.109. The standard InChI is InChI=1S/C30H29Cl2N7O3S/c31-22-7-10-26(25(32)15-22)36-30(42)35-23-8-5-20(6-9-23)29-34-24(19-43-29)17-38-11-13-39(14-12-38)18-28(41)37-33-16-21-3-1-2-4-27(21)40/h1-10,15-16,19,40H,11-14,17-18H2,(H,37,41)(H2,35,36,42)/b33-16+. The van der Waals surface area contributed by atoms with Crippen molar-refractivity contribution < 1.29 is 14.7 Å². The molecule has 10 nitrogen and oxygen atoms in total. The van der Waals surface area contributed by atoms with Gasteiger partial charge in [0, 0.05) is 59.9 Å². The molecule has 0 unspecified atom stereocenters. The van der Waals surface area contributed by atoms with Gasteiger partial charge in [0.25, 0.3) is 5.91 Å². The molecule has 5 rings (SSSR count). The topological polar surface area (TPSA) is 122 Å². The van der Waals surface area contributed by atoms with Crippen molar-refractivity contribution in [3.05, 3.63) is 93.4 Å². The number of phenols is 1. The van der Waals surface area contributed by atoms with Crippen LogP contribution in [0.2, 0.25) is 10.0 Å². The summed E-state index contributed by atoms with van der Waals surface area (Å²) in [6, 6.07) is 18.7. The van der Waals surface area contributed by atoms with Crippen molar-refractivity contribution in [2.24, 2.45) is 5.10 Å². The predicted octanol–water partition coefficient (Wildman–Crippen LogP) is 5.73. The van der Waals surface area contributed by atoms with Crippen LogP contribution in [0.15, 0.2) is 77.2 Å². The van der Waals surface area contributed by atoms with E-state index in [0.717, 1.165) is 49.0 Å². The number of hydrogen-bond acceptors (Lipinski definition) is 8. The number of aromatic nitrogens is 1. The molecule has 1 aromatic heterocycles. The van der Waals surface area contributed by atoms with Gasteiger partial charge in [0.1, 0.15) is 10.8 Å². The van der Waals surface area contributed by atoms with Gasteiger partial charge in [0.2, 0.25) is 0 Å². The molecule has 0 saturated carbocycles. The number of anilines is 2. The highest BCUT2D eigenvalue weighted by molar-refractivity contribution is 7.13. The summed E-state index contributed by atoms with van der Waals surface area (Å²) >= 11 is 13.6. The van der Waals surface area contributed by atoms with Crippen LogP contribution in [-0.2, 0) is 11.3 Å². The van der Waals surface area contributed by atoms with E-state index in [1.807, 2.05) is 24.3 Å². The largest absolute Gasteiger partial charge is 0.507 e. The first kappa shape index (κ1) is 30.5. The van der Waals surface area contributed by atoms with Crippen LogP contribution in [0.3, 0.4) is 0 Å². The summed E-state index contributed by atoms with van der Waals surface area (Å²) in [6.45, 7) is 4.16. The number of piperazine rings is 1. The third kappa shape index (κ3) is 8.76. The average Bonchev–Trinajstić information content (AvgIpc) is 3.45. The number of nitrogens with zero attached hydrogens (tertiary/aromatic N) is 4. The quantitative estimate of drug-likeness (QED) is 0.137. The molecule has 4 N–H and O–H groups in total. The Labute approximate surface area is 262 Å². The Morgan fingerprint density at radius 2 is 1.72 bits per heavy atom. The fraction of sp³-hybridized carbons (Fsp3) is 0.200. The first-order valence-electron chi connectivity index (χ1n) is 13.4. The maximum Gasteiger partial charge on any atom is 0.323 e. The molecule has 0 atom stereocenters. The summed E-state index contributed by atoms with van der Waals surface area (Å²) in [4.78, 5) is 33.9. The lowest BCUT2D eigenvalue weighted by Gasteiger charge is -2.33. The summed E-state index contributed by atoms with van der Waals surface area (Å²) in [7, 11) is 0. The Kier molecular flexibility index (Phi) is 10.2. The maximum absolute atomic E-state index is 12.4. The van der Waals surface area contributed by atoms with Gasteiger partial charge in [-0.15, -0.1) is 11.3 Å². The third-order valence-electron chi connectivity index (χ3n) is 6.67. The molecular weight excluding hydrogens is 609 g/mol. The van der Waals surface area contributed by atoms with Crippen LogP contribution in [0.4, 0.5) is 16.2 Å². The maximum atomic E-state index is 12.4. The van der Waals surface area contributed by atoms with Crippen LogP contribution in [0.1, 0.15) is 11.3 Å². The number of carbonyl (C=O) groups excluding carboxylic acids is 2. The van der Waals surface area contributed by atoms with E-state index < -0.39 is 6.03 Å². The Hall–Kier alpha value is -4.00. The number of halogens is 2. The average molecular weight is 639 g/mol. The molecule has 1 aliphatic heterocycles. The Balaban J connectivity index is 1.05. The van der Waals surface area contributed by atoms with E-state index in [1.54, 1.807) is 53.8 Å². The zero-order valence-corrected chi connectivity index (χ0v) is 25.3. The number of urea groups is 1. The molecule has 4 aromatic rings. The highest BCUT2D eigenvalue weighted by Crippen LogP contribution is 2.27. The monoisotopic (exact) mass is 637 g/mol. The number of carbonyl (C=O) groups is 2. The van der Waals surface area contributed by atoms with Crippen molar-refractivity contribution in [3.8, 4) is 16.3 Å². The number of rotatable bonds is 9. The van der Waals surface area contributed by atoms with E-state index in [4.69, 9.17) is 28.2 Å². The van der Waals surface area contributed by atoms with Crippen molar-refractivity contribution >= 4 is 64.1 Å². The molecule has 3 amide bonds. The van der Waals surface area contributed by atoms with Crippen LogP contribution >= 0.6 is 34.5 Å². The minimum Gasteiger partial charge on any atom is -0.507 e. The van der Waals surface area contributed by atoms with Crippen LogP contribution in [0.25, 0.3) is 10.6 Å². The van der Waals surface area contributed by atoms with Gasteiger partial charge >= 0.3 is 6.03 Å². The van der Waals surface area contributed by atoms with E-state index in [0.29, 0.717) is 27.0 Å². The van der Waals surface area contributed by atoms with Crippen molar-refractivity contribution in [1.29, 1.82) is 0 Å². The van der Waals surface area contributed by atoms with Gasteiger partial charge in [-0.3, -0.25) is 14.6 Å². The smallest absolute Gasteiger partial charge is 0.323 e. The van der Waals surface area contributed by atoms with Crippen molar-refractivity contribution in [3.63, 3.8) is 0 Å². The Bertz CT molecular complexity index is 1610. The lowest BCUT2D eigenvalue weighted by molar-refractivity contribution is -0.122. The summed E-state index contributed by atoms with van der Waals surface area (Å²) < 4.78 is 0.